The summed E-state index contributed by atoms with van der Waals surface area (Å²) in [6.45, 7) is 2.48. The third kappa shape index (κ3) is 3.10. The van der Waals surface area contributed by atoms with Crippen molar-refractivity contribution in [3.8, 4) is 0 Å². The summed E-state index contributed by atoms with van der Waals surface area (Å²) in [6, 6.07) is 2.60. The molecule has 0 aromatic carbocycles. The SMILES string of the molecule is CC1CCC([C@H]2C[C@H]3CCC([C@@H]2C2NC4CCCCC4S2)N3C)CC1. The van der Waals surface area contributed by atoms with Crippen molar-refractivity contribution >= 4 is 11.8 Å². The van der Waals surface area contributed by atoms with Gasteiger partial charge in [0.15, 0.2) is 0 Å². The van der Waals surface area contributed by atoms with E-state index in [0.29, 0.717) is 0 Å². The average molecular weight is 363 g/mol. The Labute approximate surface area is 159 Å². The fraction of sp³-hybridized carbons (Fsp3) is 1.00. The number of fused-ring (bicyclic) bond motifs is 3. The van der Waals surface area contributed by atoms with Crippen LogP contribution in [0.25, 0.3) is 0 Å². The Bertz CT molecular complexity index is 461. The second-order valence-electron chi connectivity index (χ2n) is 10.1. The molecule has 3 heterocycles. The van der Waals surface area contributed by atoms with Crippen molar-refractivity contribution in [1.29, 1.82) is 0 Å². The van der Waals surface area contributed by atoms with Crippen LogP contribution in [0.3, 0.4) is 0 Å². The molecule has 0 spiro atoms. The van der Waals surface area contributed by atoms with Gasteiger partial charge in [-0.3, -0.25) is 0 Å². The van der Waals surface area contributed by atoms with Crippen LogP contribution in [0.5, 0.6) is 0 Å². The molecule has 0 aromatic heterocycles. The second kappa shape index (κ2) is 7.02. The summed E-state index contributed by atoms with van der Waals surface area (Å²) in [5.41, 5.74) is 0. The molecule has 2 saturated carbocycles. The number of nitrogens with one attached hydrogen (secondary N) is 1. The highest BCUT2D eigenvalue weighted by Gasteiger charge is 2.53. The highest BCUT2D eigenvalue weighted by Crippen LogP contribution is 2.53. The van der Waals surface area contributed by atoms with Crippen molar-refractivity contribution in [2.24, 2.45) is 23.7 Å². The molecule has 7 atom stereocenters. The summed E-state index contributed by atoms with van der Waals surface area (Å²) < 4.78 is 0. The molecule has 5 rings (SSSR count). The molecule has 5 aliphatic rings. The number of hydrogen-bond donors (Lipinski definition) is 1. The summed E-state index contributed by atoms with van der Waals surface area (Å²) in [6.07, 6.45) is 16.3. The van der Waals surface area contributed by atoms with E-state index in [9.17, 15) is 0 Å². The van der Waals surface area contributed by atoms with Gasteiger partial charge in [-0.1, -0.05) is 32.6 Å². The van der Waals surface area contributed by atoms with Crippen LogP contribution < -0.4 is 5.32 Å². The minimum absolute atomic E-state index is 0.754. The van der Waals surface area contributed by atoms with Crippen molar-refractivity contribution in [3.05, 3.63) is 0 Å². The van der Waals surface area contributed by atoms with Gasteiger partial charge in [-0.05, 0) is 69.7 Å². The lowest BCUT2D eigenvalue weighted by molar-refractivity contribution is 0.0170. The van der Waals surface area contributed by atoms with Gasteiger partial charge in [-0.25, -0.2) is 0 Å². The van der Waals surface area contributed by atoms with Crippen LogP contribution in [-0.4, -0.2) is 40.7 Å². The van der Waals surface area contributed by atoms with Gasteiger partial charge in [0.2, 0.25) is 0 Å². The first-order valence-corrected chi connectivity index (χ1v) is 12.3. The Hall–Kier alpha value is 0.270. The van der Waals surface area contributed by atoms with Crippen LogP contribution in [-0.2, 0) is 0 Å². The number of piperidine rings is 1. The van der Waals surface area contributed by atoms with Gasteiger partial charge in [0.1, 0.15) is 0 Å². The molecular formula is C22H38N2S. The molecule has 1 N–H and O–H groups in total. The molecule has 4 unspecified atom stereocenters. The predicted molar refractivity (Wildman–Crippen MR) is 108 cm³/mol. The first-order valence-electron chi connectivity index (χ1n) is 11.3. The zero-order valence-electron chi connectivity index (χ0n) is 16.3. The molecule has 2 nitrogen and oxygen atoms in total. The molecule has 3 saturated heterocycles. The van der Waals surface area contributed by atoms with E-state index in [1.165, 1.54) is 70.6 Å². The van der Waals surface area contributed by atoms with E-state index in [0.717, 1.165) is 52.4 Å². The monoisotopic (exact) mass is 362 g/mol. The fourth-order valence-electron chi connectivity index (χ4n) is 7.28. The minimum atomic E-state index is 0.754. The van der Waals surface area contributed by atoms with Gasteiger partial charge in [-0.15, -0.1) is 11.8 Å². The quantitative estimate of drug-likeness (QED) is 0.753. The van der Waals surface area contributed by atoms with Gasteiger partial charge in [0.05, 0.1) is 5.37 Å². The molecule has 25 heavy (non-hydrogen) atoms. The summed E-state index contributed by atoms with van der Waals surface area (Å²) in [7, 11) is 2.45. The molecule has 0 amide bonds. The Morgan fingerprint density at radius 2 is 1.72 bits per heavy atom. The summed E-state index contributed by atoms with van der Waals surface area (Å²) >= 11 is 2.37. The lowest BCUT2D eigenvalue weighted by atomic mass is 9.67. The first kappa shape index (κ1) is 17.4. The highest BCUT2D eigenvalue weighted by atomic mass is 32.2. The van der Waals surface area contributed by atoms with Crippen LogP contribution in [0.15, 0.2) is 0 Å². The van der Waals surface area contributed by atoms with E-state index in [-0.39, 0.29) is 0 Å². The second-order valence-corrected chi connectivity index (χ2v) is 11.5. The lowest BCUT2D eigenvalue weighted by Gasteiger charge is -2.49. The maximum atomic E-state index is 4.18. The number of thioether (sulfide) groups is 1. The van der Waals surface area contributed by atoms with E-state index in [4.69, 9.17) is 0 Å². The van der Waals surface area contributed by atoms with Gasteiger partial charge >= 0.3 is 0 Å². The Balaban J connectivity index is 1.37. The molecule has 5 fully saturated rings. The maximum Gasteiger partial charge on any atom is 0.0584 e. The van der Waals surface area contributed by atoms with Crippen molar-refractivity contribution in [2.45, 2.75) is 106 Å². The fourth-order valence-corrected chi connectivity index (χ4v) is 9.19. The van der Waals surface area contributed by atoms with Crippen LogP contribution in [0.4, 0.5) is 0 Å². The van der Waals surface area contributed by atoms with Crippen LogP contribution in [0.2, 0.25) is 0 Å². The van der Waals surface area contributed by atoms with Gasteiger partial charge < -0.3 is 10.2 Å². The first-order chi connectivity index (χ1) is 12.2. The van der Waals surface area contributed by atoms with Crippen LogP contribution >= 0.6 is 11.8 Å². The smallest absolute Gasteiger partial charge is 0.0584 e. The van der Waals surface area contributed by atoms with E-state index in [1.807, 2.05) is 0 Å². The van der Waals surface area contributed by atoms with Crippen LogP contribution in [0, 0.1) is 23.7 Å². The molecule has 2 aliphatic carbocycles. The average Bonchev–Trinajstić information content (AvgIpc) is 3.14. The largest absolute Gasteiger partial charge is 0.301 e. The van der Waals surface area contributed by atoms with Gasteiger partial charge in [0, 0.05) is 29.3 Å². The maximum absolute atomic E-state index is 4.18. The third-order valence-corrected chi connectivity index (χ3v) is 10.5. The molecule has 3 aliphatic heterocycles. The standard InChI is InChI=1S/C22H38N2S/c1-14-7-9-15(10-8-14)17-13-16-11-12-19(24(16)2)21(17)22-23-18-5-3-4-6-20(18)25-22/h14-23H,3-13H2,1-2H3/t14?,15?,16-,17-,18?,19?,20?,21-,22?/m1/s1. The Kier molecular flexibility index (Phi) is 4.88. The zero-order chi connectivity index (χ0) is 17.0. The minimum Gasteiger partial charge on any atom is -0.301 e. The summed E-state index contributed by atoms with van der Waals surface area (Å²) in [5.74, 6) is 3.94. The van der Waals surface area contributed by atoms with Crippen molar-refractivity contribution in [2.75, 3.05) is 7.05 Å². The molecule has 142 valence electrons. The number of hydrogen-bond acceptors (Lipinski definition) is 3. The molecule has 3 heteroatoms. The van der Waals surface area contributed by atoms with E-state index < -0.39 is 0 Å². The van der Waals surface area contributed by atoms with Crippen molar-refractivity contribution < 1.29 is 0 Å². The topological polar surface area (TPSA) is 15.3 Å². The number of rotatable bonds is 2. The third-order valence-electron chi connectivity index (χ3n) is 8.80. The van der Waals surface area contributed by atoms with E-state index in [2.05, 4.69) is 35.9 Å². The molecule has 0 radical (unpaired) electrons. The molecule has 0 aromatic rings. The molecular weight excluding hydrogens is 324 g/mol. The van der Waals surface area contributed by atoms with Crippen molar-refractivity contribution in [1.82, 2.24) is 10.2 Å². The predicted octanol–water partition coefficient (Wildman–Crippen LogP) is 4.89. The van der Waals surface area contributed by atoms with E-state index in [1.54, 1.807) is 0 Å². The number of nitrogens with zero attached hydrogens (tertiary/aromatic N) is 1. The lowest BCUT2D eigenvalue weighted by Crippen LogP contribution is -2.54. The zero-order valence-corrected chi connectivity index (χ0v) is 17.1. The van der Waals surface area contributed by atoms with Gasteiger partial charge in [-0.2, -0.15) is 0 Å². The summed E-state index contributed by atoms with van der Waals surface area (Å²) in [5, 5.41) is 5.86. The van der Waals surface area contributed by atoms with Gasteiger partial charge in [0.25, 0.3) is 0 Å². The highest BCUT2D eigenvalue weighted by molar-refractivity contribution is 8.00. The van der Waals surface area contributed by atoms with Crippen LogP contribution in [0.1, 0.15) is 77.6 Å². The van der Waals surface area contributed by atoms with E-state index >= 15 is 0 Å². The Morgan fingerprint density at radius 3 is 2.52 bits per heavy atom. The summed E-state index contributed by atoms with van der Waals surface area (Å²) in [4.78, 5) is 2.80. The molecule has 2 bridgehead atoms. The Morgan fingerprint density at radius 1 is 0.920 bits per heavy atom. The van der Waals surface area contributed by atoms with Crippen molar-refractivity contribution in [3.63, 3.8) is 0 Å². The normalized spacial score (nSPS) is 53.8.